The van der Waals surface area contributed by atoms with Gasteiger partial charge in [-0.15, -0.1) is 0 Å². The maximum Gasteiger partial charge on any atom is 0.316 e. The summed E-state index contributed by atoms with van der Waals surface area (Å²) in [4.78, 5) is 0. The summed E-state index contributed by atoms with van der Waals surface area (Å²) < 4.78 is 10.4. The number of hydrogen-bond acceptors (Lipinski definition) is 3. The van der Waals surface area contributed by atoms with Crippen LogP contribution in [0.3, 0.4) is 0 Å². The van der Waals surface area contributed by atoms with Crippen molar-refractivity contribution in [2.45, 2.75) is 13.0 Å². The lowest BCUT2D eigenvalue weighted by atomic mass is 10.0. The van der Waals surface area contributed by atoms with Gasteiger partial charge in [0.25, 0.3) is 0 Å². The standard InChI is InChI=1S/C10H10NO2/c1-2-11-5-8-4-10-9(3-7(1)8)12-6-13-10/h3-4,6,11H,1-2,5H2. The predicted octanol–water partition coefficient (Wildman–Crippen LogP) is 1.22. The smallest absolute Gasteiger partial charge is 0.316 e. The molecule has 1 N–H and O–H groups in total. The highest BCUT2D eigenvalue weighted by Gasteiger charge is 2.19. The molecule has 0 atom stereocenters. The largest absolute Gasteiger partial charge is 0.444 e. The van der Waals surface area contributed by atoms with Crippen molar-refractivity contribution in [3.05, 3.63) is 30.1 Å². The molecule has 67 valence electrons. The minimum absolute atomic E-state index is 0.836. The molecule has 0 saturated heterocycles. The van der Waals surface area contributed by atoms with E-state index in [1.54, 1.807) is 0 Å². The molecule has 3 heteroatoms. The van der Waals surface area contributed by atoms with Crippen LogP contribution >= 0.6 is 0 Å². The van der Waals surface area contributed by atoms with Crippen LogP contribution in [0.2, 0.25) is 0 Å². The minimum atomic E-state index is 0.836. The Bertz CT molecular complexity index is 316. The first-order valence-electron chi connectivity index (χ1n) is 4.45. The summed E-state index contributed by atoms with van der Waals surface area (Å²) in [5, 5.41) is 3.33. The van der Waals surface area contributed by atoms with Gasteiger partial charge in [-0.3, -0.25) is 0 Å². The maximum atomic E-state index is 5.20. The van der Waals surface area contributed by atoms with E-state index in [4.69, 9.17) is 9.47 Å². The van der Waals surface area contributed by atoms with Crippen LogP contribution < -0.4 is 14.8 Å². The second-order valence-corrected chi connectivity index (χ2v) is 3.33. The van der Waals surface area contributed by atoms with Crippen molar-refractivity contribution in [1.82, 2.24) is 5.32 Å². The van der Waals surface area contributed by atoms with Gasteiger partial charge in [-0.2, -0.15) is 0 Å². The molecule has 3 rings (SSSR count). The Labute approximate surface area is 76.7 Å². The van der Waals surface area contributed by atoms with Crippen LogP contribution in [0.1, 0.15) is 11.1 Å². The number of nitrogens with one attached hydrogen (secondary N) is 1. The summed E-state index contributed by atoms with van der Waals surface area (Å²) in [6.07, 6.45) is 1.08. The van der Waals surface area contributed by atoms with E-state index in [-0.39, 0.29) is 0 Å². The highest BCUT2D eigenvalue weighted by atomic mass is 16.7. The zero-order valence-corrected chi connectivity index (χ0v) is 7.17. The lowest BCUT2D eigenvalue weighted by molar-refractivity contribution is 0.270. The summed E-state index contributed by atoms with van der Waals surface area (Å²) >= 11 is 0. The van der Waals surface area contributed by atoms with E-state index in [0.717, 1.165) is 31.0 Å². The second-order valence-electron chi connectivity index (χ2n) is 3.33. The highest BCUT2D eigenvalue weighted by Crippen LogP contribution is 2.36. The summed E-state index contributed by atoms with van der Waals surface area (Å²) in [6, 6.07) is 4.13. The first kappa shape index (κ1) is 7.21. The molecule has 0 aliphatic carbocycles. The van der Waals surface area contributed by atoms with Gasteiger partial charge >= 0.3 is 6.79 Å². The first-order valence-corrected chi connectivity index (χ1v) is 4.45. The van der Waals surface area contributed by atoms with E-state index < -0.39 is 0 Å². The molecule has 2 aliphatic rings. The molecule has 1 aromatic carbocycles. The van der Waals surface area contributed by atoms with Crippen molar-refractivity contribution in [3.8, 4) is 11.5 Å². The van der Waals surface area contributed by atoms with E-state index in [0.29, 0.717) is 0 Å². The van der Waals surface area contributed by atoms with Crippen LogP contribution in [0.15, 0.2) is 12.1 Å². The fraction of sp³-hybridized carbons (Fsp3) is 0.300. The van der Waals surface area contributed by atoms with Gasteiger partial charge in [-0.1, -0.05) is 0 Å². The van der Waals surface area contributed by atoms with Crippen LogP contribution in [-0.4, -0.2) is 6.54 Å². The summed E-state index contributed by atoms with van der Waals surface area (Å²) in [6.45, 7) is 3.37. The zero-order chi connectivity index (χ0) is 8.67. The van der Waals surface area contributed by atoms with Crippen LogP contribution in [0, 0.1) is 6.79 Å². The molecule has 2 aliphatic heterocycles. The summed E-state index contributed by atoms with van der Waals surface area (Å²) in [5.74, 6) is 1.68. The average Bonchev–Trinajstić information content (AvgIpc) is 2.61. The van der Waals surface area contributed by atoms with E-state index in [2.05, 4.69) is 17.4 Å². The molecule has 1 radical (unpaired) electrons. The molecule has 2 heterocycles. The fourth-order valence-corrected chi connectivity index (χ4v) is 1.80. The molecular weight excluding hydrogens is 166 g/mol. The van der Waals surface area contributed by atoms with E-state index in [1.165, 1.54) is 17.9 Å². The molecule has 0 aromatic heterocycles. The van der Waals surface area contributed by atoms with Gasteiger partial charge in [0, 0.05) is 6.54 Å². The van der Waals surface area contributed by atoms with E-state index >= 15 is 0 Å². The molecule has 0 unspecified atom stereocenters. The third kappa shape index (κ3) is 1.08. The van der Waals surface area contributed by atoms with Crippen molar-refractivity contribution in [1.29, 1.82) is 0 Å². The van der Waals surface area contributed by atoms with Gasteiger partial charge in [-0.25, -0.2) is 0 Å². The molecule has 0 fully saturated rings. The Balaban J connectivity index is 2.11. The van der Waals surface area contributed by atoms with Crippen LogP contribution in [0.4, 0.5) is 0 Å². The Kier molecular flexibility index (Phi) is 1.46. The Morgan fingerprint density at radius 3 is 2.69 bits per heavy atom. The summed E-state index contributed by atoms with van der Waals surface area (Å²) in [5.41, 5.74) is 2.69. The Morgan fingerprint density at radius 2 is 1.85 bits per heavy atom. The van der Waals surface area contributed by atoms with Crippen molar-refractivity contribution >= 4 is 0 Å². The molecule has 0 amide bonds. The molecule has 0 bridgehead atoms. The van der Waals surface area contributed by atoms with Crippen LogP contribution in [0.5, 0.6) is 11.5 Å². The molecule has 13 heavy (non-hydrogen) atoms. The highest BCUT2D eigenvalue weighted by molar-refractivity contribution is 5.50. The zero-order valence-electron chi connectivity index (χ0n) is 7.17. The van der Waals surface area contributed by atoms with Gasteiger partial charge in [0.05, 0.1) is 0 Å². The summed E-state index contributed by atoms with van der Waals surface area (Å²) in [7, 11) is 0. The Hall–Kier alpha value is -1.22. The average molecular weight is 176 g/mol. The molecular formula is C10H10NO2. The van der Waals surface area contributed by atoms with Gasteiger partial charge in [-0.05, 0) is 36.2 Å². The van der Waals surface area contributed by atoms with Gasteiger partial charge < -0.3 is 14.8 Å². The Morgan fingerprint density at radius 1 is 1.08 bits per heavy atom. The van der Waals surface area contributed by atoms with Crippen molar-refractivity contribution in [2.24, 2.45) is 0 Å². The monoisotopic (exact) mass is 176 g/mol. The first-order chi connectivity index (χ1) is 6.43. The fourth-order valence-electron chi connectivity index (χ4n) is 1.80. The number of fused-ring (bicyclic) bond motifs is 2. The number of benzene rings is 1. The molecule has 0 spiro atoms. The number of hydrogen-bond donors (Lipinski definition) is 1. The van der Waals surface area contributed by atoms with Crippen molar-refractivity contribution < 1.29 is 9.47 Å². The van der Waals surface area contributed by atoms with Crippen LogP contribution in [-0.2, 0) is 13.0 Å². The minimum Gasteiger partial charge on any atom is -0.444 e. The van der Waals surface area contributed by atoms with Crippen LogP contribution in [0.25, 0.3) is 0 Å². The van der Waals surface area contributed by atoms with E-state index in [1.807, 2.05) is 0 Å². The lowest BCUT2D eigenvalue weighted by Crippen LogP contribution is -2.23. The number of ether oxygens (including phenoxy) is 2. The third-order valence-corrected chi connectivity index (χ3v) is 2.50. The van der Waals surface area contributed by atoms with Gasteiger partial charge in [0.2, 0.25) is 0 Å². The van der Waals surface area contributed by atoms with Crippen molar-refractivity contribution in [3.63, 3.8) is 0 Å². The number of rotatable bonds is 0. The SMILES string of the molecule is [CH]1Oc2cc3c(cc2O1)CNCC3. The predicted molar refractivity (Wildman–Crippen MR) is 47.4 cm³/mol. The normalized spacial score (nSPS) is 18.5. The van der Waals surface area contributed by atoms with Crippen molar-refractivity contribution in [2.75, 3.05) is 6.54 Å². The van der Waals surface area contributed by atoms with Gasteiger partial charge in [0.1, 0.15) is 0 Å². The molecule has 3 nitrogen and oxygen atoms in total. The van der Waals surface area contributed by atoms with Gasteiger partial charge in [0.15, 0.2) is 11.5 Å². The quantitative estimate of drug-likeness (QED) is 0.644. The third-order valence-electron chi connectivity index (χ3n) is 2.50. The lowest BCUT2D eigenvalue weighted by Gasteiger charge is -2.16. The molecule has 1 aromatic rings. The second kappa shape index (κ2) is 2.64. The van der Waals surface area contributed by atoms with E-state index in [9.17, 15) is 0 Å². The molecule has 0 saturated carbocycles. The topological polar surface area (TPSA) is 30.5 Å². The maximum absolute atomic E-state index is 5.20.